The molecule has 178 valence electrons. The normalized spacial score (nSPS) is 19.9. The van der Waals surface area contributed by atoms with Crippen LogP contribution in [0, 0.1) is 5.82 Å². The number of imide groups is 1. The van der Waals surface area contributed by atoms with Crippen molar-refractivity contribution in [1.29, 1.82) is 0 Å². The molecular weight excluding hydrogens is 438 g/mol. The van der Waals surface area contributed by atoms with E-state index in [-0.39, 0.29) is 43.6 Å². The van der Waals surface area contributed by atoms with Crippen molar-refractivity contribution in [2.24, 2.45) is 0 Å². The molecule has 1 saturated heterocycles. The zero-order valence-corrected chi connectivity index (χ0v) is 19.6. The average Bonchev–Trinajstić information content (AvgIpc) is 3.14. The number of anilines is 1. The number of fused-ring (bicyclic) bond motifs is 1. The van der Waals surface area contributed by atoms with Gasteiger partial charge in [-0.2, -0.15) is 0 Å². The number of nitrogens with zero attached hydrogens (tertiary/aromatic N) is 2. The average molecular weight is 466 g/mol. The molecule has 4 rings (SSSR count). The fourth-order valence-corrected chi connectivity index (χ4v) is 4.26. The fourth-order valence-electron chi connectivity index (χ4n) is 4.26. The SMILES string of the molecule is BC1(N2Cc3c(NCc4cc(OCCN(C)C)ccc4F)cccc3C2=O)CCC(=O)NC1=O. The van der Waals surface area contributed by atoms with Gasteiger partial charge in [0.1, 0.15) is 26.0 Å². The second-order valence-electron chi connectivity index (χ2n) is 9.13. The lowest BCUT2D eigenvalue weighted by molar-refractivity contribution is -0.138. The zero-order valence-electron chi connectivity index (χ0n) is 19.6. The number of hydrogen-bond acceptors (Lipinski definition) is 6. The molecule has 1 fully saturated rings. The fraction of sp³-hybridized carbons (Fsp3) is 0.375. The van der Waals surface area contributed by atoms with Crippen LogP contribution in [0.1, 0.15) is 34.3 Å². The highest BCUT2D eigenvalue weighted by molar-refractivity contribution is 6.32. The lowest BCUT2D eigenvalue weighted by Crippen LogP contribution is -2.63. The topological polar surface area (TPSA) is 91.0 Å². The van der Waals surface area contributed by atoms with Crippen molar-refractivity contribution in [2.75, 3.05) is 32.6 Å². The predicted molar refractivity (Wildman–Crippen MR) is 128 cm³/mol. The molecule has 0 aromatic heterocycles. The van der Waals surface area contributed by atoms with Gasteiger partial charge in [-0.25, -0.2) is 4.39 Å². The van der Waals surface area contributed by atoms with Gasteiger partial charge in [0.2, 0.25) is 11.8 Å². The summed E-state index contributed by atoms with van der Waals surface area (Å²) in [4.78, 5) is 40.9. The lowest BCUT2D eigenvalue weighted by Gasteiger charge is -2.40. The number of amides is 3. The summed E-state index contributed by atoms with van der Waals surface area (Å²) in [6.45, 7) is 1.67. The molecule has 34 heavy (non-hydrogen) atoms. The van der Waals surface area contributed by atoms with Crippen LogP contribution in [0.5, 0.6) is 5.75 Å². The molecule has 2 heterocycles. The van der Waals surface area contributed by atoms with E-state index in [0.717, 1.165) is 12.1 Å². The highest BCUT2D eigenvalue weighted by Crippen LogP contribution is 2.36. The van der Waals surface area contributed by atoms with Crippen LogP contribution in [0.2, 0.25) is 0 Å². The van der Waals surface area contributed by atoms with Gasteiger partial charge in [0.05, 0.1) is 5.44 Å². The first kappa shape index (κ1) is 23.8. The third-order valence-electron chi connectivity index (χ3n) is 6.44. The first-order chi connectivity index (χ1) is 16.2. The summed E-state index contributed by atoms with van der Waals surface area (Å²) in [5, 5.41) is 5.59. The van der Waals surface area contributed by atoms with E-state index in [2.05, 4.69) is 10.6 Å². The van der Waals surface area contributed by atoms with Crippen LogP contribution in [0.25, 0.3) is 0 Å². The van der Waals surface area contributed by atoms with E-state index in [1.54, 1.807) is 32.1 Å². The molecule has 2 N–H and O–H groups in total. The molecule has 0 aliphatic carbocycles. The van der Waals surface area contributed by atoms with E-state index in [0.29, 0.717) is 29.2 Å². The number of carbonyl (C=O) groups excluding carboxylic acids is 3. The van der Waals surface area contributed by atoms with Crippen LogP contribution in [-0.2, 0) is 22.7 Å². The van der Waals surface area contributed by atoms with Crippen molar-refractivity contribution in [1.82, 2.24) is 15.1 Å². The van der Waals surface area contributed by atoms with Crippen molar-refractivity contribution in [3.05, 3.63) is 58.9 Å². The number of nitrogens with one attached hydrogen (secondary N) is 2. The lowest BCUT2D eigenvalue weighted by atomic mass is 9.70. The number of likely N-dealkylation sites (N-methyl/N-ethyl adjacent to an activating group) is 1. The molecule has 10 heteroatoms. The standard InChI is InChI=1S/C24H28BFN4O4/c1-29(2)10-11-34-16-6-7-19(26)15(12-16)13-27-20-5-3-4-17-18(20)14-30(22(17)32)24(25)9-8-21(31)28-23(24)33/h3-7,12,27H,8-11,13-14,25H2,1-2H3,(H,28,31,33). The van der Waals surface area contributed by atoms with E-state index in [9.17, 15) is 18.8 Å². The molecule has 2 aliphatic rings. The summed E-state index contributed by atoms with van der Waals surface area (Å²) >= 11 is 0. The first-order valence-electron chi connectivity index (χ1n) is 11.3. The minimum absolute atomic E-state index is 0.180. The third kappa shape index (κ3) is 4.63. The predicted octanol–water partition coefficient (Wildman–Crippen LogP) is 1.10. The maximum absolute atomic E-state index is 14.5. The first-order valence-corrected chi connectivity index (χ1v) is 11.3. The van der Waals surface area contributed by atoms with E-state index >= 15 is 0 Å². The van der Waals surface area contributed by atoms with Gasteiger partial charge in [-0.05, 0) is 50.8 Å². The van der Waals surface area contributed by atoms with Gasteiger partial charge in [0.25, 0.3) is 5.91 Å². The summed E-state index contributed by atoms with van der Waals surface area (Å²) < 4.78 is 20.2. The summed E-state index contributed by atoms with van der Waals surface area (Å²) in [7, 11) is 5.59. The van der Waals surface area contributed by atoms with E-state index < -0.39 is 11.3 Å². The number of ether oxygens (including phenoxy) is 1. The van der Waals surface area contributed by atoms with E-state index in [4.69, 9.17) is 4.74 Å². The molecular formula is C24H28BFN4O4. The summed E-state index contributed by atoms with van der Waals surface area (Å²) in [6, 6.07) is 9.96. The maximum atomic E-state index is 14.5. The van der Waals surface area contributed by atoms with Gasteiger partial charge in [-0.3, -0.25) is 19.7 Å². The van der Waals surface area contributed by atoms with Gasteiger partial charge in [0, 0.05) is 48.4 Å². The van der Waals surface area contributed by atoms with Crippen LogP contribution >= 0.6 is 0 Å². The van der Waals surface area contributed by atoms with Crippen LogP contribution in [0.15, 0.2) is 36.4 Å². The van der Waals surface area contributed by atoms with Crippen molar-refractivity contribution < 1.29 is 23.5 Å². The molecule has 2 aliphatic heterocycles. The molecule has 8 nitrogen and oxygen atoms in total. The summed E-state index contributed by atoms with van der Waals surface area (Å²) in [5.74, 6) is -0.816. The number of halogens is 1. The van der Waals surface area contributed by atoms with Gasteiger partial charge < -0.3 is 19.9 Å². The Morgan fingerprint density at radius 2 is 2.03 bits per heavy atom. The van der Waals surface area contributed by atoms with Gasteiger partial charge in [-0.15, -0.1) is 0 Å². The third-order valence-corrected chi connectivity index (χ3v) is 6.44. The molecule has 0 radical (unpaired) electrons. The highest BCUT2D eigenvalue weighted by atomic mass is 19.1. The Kier molecular flexibility index (Phi) is 6.61. The van der Waals surface area contributed by atoms with E-state index in [1.165, 1.54) is 11.0 Å². The number of benzene rings is 2. The molecule has 1 unspecified atom stereocenters. The summed E-state index contributed by atoms with van der Waals surface area (Å²) in [6.07, 6.45) is 0.450. The number of piperidine rings is 1. The Bertz CT molecular complexity index is 1140. The quantitative estimate of drug-likeness (QED) is 0.448. The Morgan fingerprint density at radius 1 is 1.24 bits per heavy atom. The van der Waals surface area contributed by atoms with Crippen molar-refractivity contribution in [3.63, 3.8) is 0 Å². The van der Waals surface area contributed by atoms with Crippen LogP contribution in [-0.4, -0.2) is 68.1 Å². The highest BCUT2D eigenvalue weighted by Gasteiger charge is 2.48. The molecule has 0 spiro atoms. The summed E-state index contributed by atoms with van der Waals surface area (Å²) in [5.41, 5.74) is 1.28. The second kappa shape index (κ2) is 9.46. The number of carbonyl (C=O) groups is 3. The Labute approximate surface area is 198 Å². The van der Waals surface area contributed by atoms with E-state index in [1.807, 2.05) is 25.1 Å². The largest absolute Gasteiger partial charge is 0.492 e. The van der Waals surface area contributed by atoms with Crippen molar-refractivity contribution in [3.8, 4) is 5.75 Å². The smallest absolute Gasteiger partial charge is 0.254 e. The molecule has 2 aromatic carbocycles. The van der Waals surface area contributed by atoms with Crippen molar-refractivity contribution in [2.45, 2.75) is 31.4 Å². The molecule has 3 amide bonds. The monoisotopic (exact) mass is 466 g/mol. The van der Waals surface area contributed by atoms with Gasteiger partial charge in [0.15, 0.2) is 0 Å². The minimum Gasteiger partial charge on any atom is -0.492 e. The molecule has 1 atom stereocenters. The molecule has 2 aromatic rings. The Balaban J connectivity index is 1.49. The minimum atomic E-state index is -1.11. The number of rotatable bonds is 8. The maximum Gasteiger partial charge on any atom is 0.254 e. The Hall–Kier alpha value is -3.40. The van der Waals surface area contributed by atoms with Crippen LogP contribution in [0.3, 0.4) is 0 Å². The van der Waals surface area contributed by atoms with Gasteiger partial charge >= 0.3 is 0 Å². The molecule has 0 saturated carbocycles. The van der Waals surface area contributed by atoms with Crippen molar-refractivity contribution >= 4 is 31.3 Å². The van der Waals surface area contributed by atoms with Gasteiger partial charge in [-0.1, -0.05) is 6.07 Å². The molecule has 0 bridgehead atoms. The Morgan fingerprint density at radius 3 is 2.76 bits per heavy atom. The number of hydrogen-bond donors (Lipinski definition) is 2. The van der Waals surface area contributed by atoms with Crippen LogP contribution < -0.4 is 15.4 Å². The zero-order chi connectivity index (χ0) is 24.5. The van der Waals surface area contributed by atoms with Crippen LogP contribution in [0.4, 0.5) is 10.1 Å². The second-order valence-corrected chi connectivity index (χ2v) is 9.13.